The van der Waals surface area contributed by atoms with Crippen LogP contribution in [0.4, 0.5) is 0 Å². The first-order valence-electron chi connectivity index (χ1n) is 8.35. The van der Waals surface area contributed by atoms with Gasteiger partial charge in [0.1, 0.15) is 23.9 Å². The Morgan fingerprint density at radius 2 is 1.85 bits per heavy atom. The van der Waals surface area contributed by atoms with Crippen molar-refractivity contribution in [3.05, 3.63) is 59.7 Å². The van der Waals surface area contributed by atoms with Crippen LogP contribution in [-0.4, -0.2) is 52.1 Å². The summed E-state index contributed by atoms with van der Waals surface area (Å²) in [6, 6.07) is 12.6. The van der Waals surface area contributed by atoms with Gasteiger partial charge in [-0.15, -0.1) is 0 Å². The minimum absolute atomic E-state index is 0.104. The fourth-order valence-electron chi connectivity index (χ4n) is 2.32. The van der Waals surface area contributed by atoms with Crippen LogP contribution in [-0.2, 0) is 0 Å². The van der Waals surface area contributed by atoms with Gasteiger partial charge in [0.25, 0.3) is 0 Å². The molecule has 138 valence electrons. The molecule has 0 amide bonds. The van der Waals surface area contributed by atoms with Crippen molar-refractivity contribution in [2.24, 2.45) is 0 Å². The van der Waals surface area contributed by atoms with E-state index < -0.39 is 0 Å². The van der Waals surface area contributed by atoms with E-state index in [1.54, 1.807) is 32.4 Å². The van der Waals surface area contributed by atoms with E-state index in [0.717, 1.165) is 12.1 Å². The summed E-state index contributed by atoms with van der Waals surface area (Å²) in [6.07, 6.45) is 3.25. The summed E-state index contributed by atoms with van der Waals surface area (Å²) < 4.78 is 16.2. The van der Waals surface area contributed by atoms with E-state index in [-0.39, 0.29) is 5.78 Å². The minimum atomic E-state index is -0.104. The highest BCUT2D eigenvalue weighted by molar-refractivity contribution is 6.07. The summed E-state index contributed by atoms with van der Waals surface area (Å²) in [4.78, 5) is 14.5. The second kappa shape index (κ2) is 9.63. The van der Waals surface area contributed by atoms with Gasteiger partial charge in [0.2, 0.25) is 0 Å². The number of carbonyl (C=O) groups is 1. The summed E-state index contributed by atoms with van der Waals surface area (Å²) in [5.41, 5.74) is 1.35. The number of hydrogen-bond acceptors (Lipinski definition) is 5. The predicted octanol–water partition coefficient (Wildman–Crippen LogP) is 3.54. The van der Waals surface area contributed by atoms with Gasteiger partial charge >= 0.3 is 0 Å². The van der Waals surface area contributed by atoms with Crippen molar-refractivity contribution in [1.82, 2.24) is 4.90 Å². The van der Waals surface area contributed by atoms with Crippen LogP contribution in [0.15, 0.2) is 48.5 Å². The third-order valence-electron chi connectivity index (χ3n) is 3.78. The van der Waals surface area contributed by atoms with E-state index in [9.17, 15) is 4.79 Å². The van der Waals surface area contributed by atoms with E-state index in [1.807, 2.05) is 49.3 Å². The Bertz CT molecular complexity index is 768. The van der Waals surface area contributed by atoms with Crippen LogP contribution in [0.3, 0.4) is 0 Å². The van der Waals surface area contributed by atoms with E-state index >= 15 is 0 Å². The average molecular weight is 355 g/mol. The van der Waals surface area contributed by atoms with Crippen molar-refractivity contribution < 1.29 is 19.0 Å². The highest BCUT2D eigenvalue weighted by Crippen LogP contribution is 2.25. The molecule has 0 aliphatic carbocycles. The molecule has 26 heavy (non-hydrogen) atoms. The Kier molecular flexibility index (Phi) is 7.24. The van der Waals surface area contributed by atoms with Gasteiger partial charge in [0.15, 0.2) is 5.78 Å². The number of benzene rings is 2. The van der Waals surface area contributed by atoms with Crippen molar-refractivity contribution in [3.63, 3.8) is 0 Å². The number of ketones is 1. The maximum Gasteiger partial charge on any atom is 0.185 e. The molecule has 0 unspecified atom stereocenters. The van der Waals surface area contributed by atoms with Crippen LogP contribution in [0, 0.1) is 0 Å². The van der Waals surface area contributed by atoms with E-state index in [1.165, 1.54) is 6.08 Å². The Morgan fingerprint density at radius 3 is 2.54 bits per heavy atom. The van der Waals surface area contributed by atoms with Crippen LogP contribution in [0.2, 0.25) is 0 Å². The molecule has 0 aromatic heterocycles. The number of carbonyl (C=O) groups excluding carboxylic acids is 1. The van der Waals surface area contributed by atoms with Crippen molar-refractivity contribution in [2.75, 3.05) is 41.5 Å². The molecular formula is C21H25NO4. The molecule has 0 spiro atoms. The quantitative estimate of drug-likeness (QED) is 0.509. The molecule has 0 atom stereocenters. The smallest absolute Gasteiger partial charge is 0.185 e. The lowest BCUT2D eigenvalue weighted by Crippen LogP contribution is -2.19. The van der Waals surface area contributed by atoms with Gasteiger partial charge in [-0.25, -0.2) is 0 Å². The first kappa shape index (κ1) is 19.5. The molecular weight excluding hydrogens is 330 g/mol. The minimum Gasteiger partial charge on any atom is -0.497 e. The zero-order chi connectivity index (χ0) is 18.9. The molecule has 0 fully saturated rings. The normalized spacial score (nSPS) is 11.0. The molecule has 2 rings (SSSR count). The second-order valence-corrected chi connectivity index (χ2v) is 5.99. The SMILES string of the molecule is COc1ccc(OC)c(/C=C/C(=O)c2cccc(OCCN(C)C)c2)c1. The Labute approximate surface area is 154 Å². The van der Waals surface area contributed by atoms with E-state index in [4.69, 9.17) is 14.2 Å². The van der Waals surface area contributed by atoms with Gasteiger partial charge in [-0.3, -0.25) is 4.79 Å². The molecule has 5 nitrogen and oxygen atoms in total. The Morgan fingerprint density at radius 1 is 1.04 bits per heavy atom. The van der Waals surface area contributed by atoms with E-state index in [2.05, 4.69) is 0 Å². The number of allylic oxidation sites excluding steroid dienone is 1. The summed E-state index contributed by atoms with van der Waals surface area (Å²) in [5, 5.41) is 0. The average Bonchev–Trinajstić information content (AvgIpc) is 2.65. The largest absolute Gasteiger partial charge is 0.497 e. The lowest BCUT2D eigenvalue weighted by atomic mass is 10.1. The third kappa shape index (κ3) is 5.63. The van der Waals surface area contributed by atoms with Gasteiger partial charge in [0.05, 0.1) is 14.2 Å². The zero-order valence-electron chi connectivity index (χ0n) is 15.7. The molecule has 2 aromatic rings. The number of methoxy groups -OCH3 is 2. The van der Waals surface area contributed by atoms with Gasteiger partial charge in [-0.1, -0.05) is 12.1 Å². The predicted molar refractivity (Wildman–Crippen MR) is 103 cm³/mol. The number of rotatable bonds is 9. The van der Waals surface area contributed by atoms with Crippen molar-refractivity contribution in [2.45, 2.75) is 0 Å². The standard InChI is InChI=1S/C21H25NO4/c1-22(2)12-13-26-19-7-5-6-16(14-19)20(23)10-8-17-15-18(24-3)9-11-21(17)25-4/h5-11,14-15H,12-13H2,1-4H3/b10-8+. The number of ether oxygens (including phenoxy) is 3. The van der Waals surface area contributed by atoms with E-state index in [0.29, 0.717) is 29.4 Å². The van der Waals surface area contributed by atoms with Crippen molar-refractivity contribution in [3.8, 4) is 17.2 Å². The highest BCUT2D eigenvalue weighted by Gasteiger charge is 2.06. The number of likely N-dealkylation sites (N-methyl/N-ethyl adjacent to an activating group) is 1. The molecule has 0 heterocycles. The molecule has 0 aliphatic heterocycles. The highest BCUT2D eigenvalue weighted by atomic mass is 16.5. The molecule has 0 radical (unpaired) electrons. The number of hydrogen-bond donors (Lipinski definition) is 0. The molecule has 2 aromatic carbocycles. The fourth-order valence-corrected chi connectivity index (χ4v) is 2.32. The second-order valence-electron chi connectivity index (χ2n) is 5.99. The molecule has 0 saturated carbocycles. The van der Waals surface area contributed by atoms with Crippen LogP contribution in [0.25, 0.3) is 6.08 Å². The monoisotopic (exact) mass is 355 g/mol. The zero-order valence-corrected chi connectivity index (χ0v) is 15.7. The van der Waals surface area contributed by atoms with Crippen LogP contribution >= 0.6 is 0 Å². The van der Waals surface area contributed by atoms with Crippen molar-refractivity contribution in [1.29, 1.82) is 0 Å². The summed E-state index contributed by atoms with van der Waals surface area (Å²) in [6.45, 7) is 1.38. The first-order chi connectivity index (χ1) is 12.5. The summed E-state index contributed by atoms with van der Waals surface area (Å²) in [5.74, 6) is 1.96. The third-order valence-corrected chi connectivity index (χ3v) is 3.78. The Hall–Kier alpha value is -2.79. The lowest BCUT2D eigenvalue weighted by Gasteiger charge is -2.11. The van der Waals surface area contributed by atoms with Crippen molar-refractivity contribution >= 4 is 11.9 Å². The van der Waals surface area contributed by atoms with Gasteiger partial charge < -0.3 is 19.1 Å². The van der Waals surface area contributed by atoms with Gasteiger partial charge in [0, 0.05) is 17.7 Å². The van der Waals surface area contributed by atoms with Gasteiger partial charge in [-0.2, -0.15) is 0 Å². The first-order valence-corrected chi connectivity index (χ1v) is 8.35. The molecule has 0 N–H and O–H groups in total. The maximum atomic E-state index is 12.5. The summed E-state index contributed by atoms with van der Waals surface area (Å²) >= 11 is 0. The fraction of sp³-hybridized carbons (Fsp3) is 0.286. The van der Waals surface area contributed by atoms with Crippen LogP contribution < -0.4 is 14.2 Å². The Balaban J connectivity index is 2.11. The maximum absolute atomic E-state index is 12.5. The topological polar surface area (TPSA) is 48.0 Å². The lowest BCUT2D eigenvalue weighted by molar-refractivity contribution is 0.104. The molecule has 0 saturated heterocycles. The van der Waals surface area contributed by atoms with Gasteiger partial charge in [-0.05, 0) is 56.6 Å². The molecule has 0 bridgehead atoms. The molecule has 0 aliphatic rings. The van der Waals surface area contributed by atoms with Crippen LogP contribution in [0.5, 0.6) is 17.2 Å². The number of nitrogens with zero attached hydrogens (tertiary/aromatic N) is 1. The summed E-state index contributed by atoms with van der Waals surface area (Å²) in [7, 11) is 7.17. The van der Waals surface area contributed by atoms with Crippen LogP contribution in [0.1, 0.15) is 15.9 Å². The molecule has 5 heteroatoms.